The first-order chi connectivity index (χ1) is 9.06. The Kier molecular flexibility index (Phi) is 5.13. The largest absolute Gasteiger partial charge is 0.306 e. The van der Waals surface area contributed by atoms with E-state index in [2.05, 4.69) is 56.2 Å². The highest BCUT2D eigenvalue weighted by molar-refractivity contribution is 9.10. The quantitative estimate of drug-likeness (QED) is 0.761. The topological polar surface area (TPSA) is 12.0 Å². The van der Waals surface area contributed by atoms with Crippen LogP contribution in [0.2, 0.25) is 0 Å². The Morgan fingerprint density at radius 1 is 1.11 bits per heavy atom. The molecule has 0 saturated heterocycles. The number of rotatable bonds is 4. The Balaban J connectivity index is 2.00. The van der Waals surface area contributed by atoms with Gasteiger partial charge >= 0.3 is 0 Å². The summed E-state index contributed by atoms with van der Waals surface area (Å²) in [4.78, 5) is 0. The van der Waals surface area contributed by atoms with Gasteiger partial charge in [0.25, 0.3) is 0 Å². The molecule has 0 aliphatic rings. The molecular weight excluding hydrogens is 373 g/mol. The summed E-state index contributed by atoms with van der Waals surface area (Å²) < 4.78 is 14.9. The van der Waals surface area contributed by atoms with Crippen LogP contribution in [0.15, 0.2) is 51.4 Å². The molecule has 4 heteroatoms. The summed E-state index contributed by atoms with van der Waals surface area (Å²) in [5, 5.41) is 3.43. The Hall–Kier alpha value is -0.710. The van der Waals surface area contributed by atoms with Crippen molar-refractivity contribution < 1.29 is 4.39 Å². The monoisotopic (exact) mass is 385 g/mol. The van der Waals surface area contributed by atoms with Crippen LogP contribution in [-0.4, -0.2) is 0 Å². The van der Waals surface area contributed by atoms with Crippen LogP contribution < -0.4 is 5.32 Å². The fraction of sp³-hybridized carbons (Fsp3) is 0.200. The van der Waals surface area contributed by atoms with E-state index in [1.165, 1.54) is 17.7 Å². The maximum Gasteiger partial charge on any atom is 0.124 e. The number of benzene rings is 2. The van der Waals surface area contributed by atoms with Crippen molar-refractivity contribution in [3.05, 3.63) is 68.4 Å². The average molecular weight is 387 g/mol. The number of halogens is 3. The van der Waals surface area contributed by atoms with Crippen molar-refractivity contribution >= 4 is 31.9 Å². The standard InChI is InChI=1S/C15H14Br2FN/c1-10(11-2-5-13(16)6-3-11)19-9-12-4-7-14(18)8-15(12)17/h2-8,10,19H,9H2,1H3/t10-/m1/s1. The molecule has 2 rings (SSSR count). The minimum absolute atomic E-state index is 0.225. The lowest BCUT2D eigenvalue weighted by molar-refractivity contribution is 0.571. The molecule has 2 aromatic rings. The Morgan fingerprint density at radius 3 is 2.42 bits per heavy atom. The molecule has 2 aromatic carbocycles. The molecule has 0 aliphatic carbocycles. The van der Waals surface area contributed by atoms with Gasteiger partial charge in [0.15, 0.2) is 0 Å². The third-order valence-electron chi connectivity index (χ3n) is 2.98. The second-order valence-electron chi connectivity index (χ2n) is 4.39. The van der Waals surface area contributed by atoms with Gasteiger partial charge in [-0.15, -0.1) is 0 Å². The molecule has 1 atom stereocenters. The summed E-state index contributed by atoms with van der Waals surface area (Å²) in [6.07, 6.45) is 0. The van der Waals surface area contributed by atoms with Crippen LogP contribution in [0, 0.1) is 5.82 Å². The van der Waals surface area contributed by atoms with Gasteiger partial charge in [-0.2, -0.15) is 0 Å². The molecule has 19 heavy (non-hydrogen) atoms. The van der Waals surface area contributed by atoms with E-state index in [0.717, 1.165) is 14.5 Å². The molecule has 1 N–H and O–H groups in total. The Labute approximate surface area is 129 Å². The summed E-state index contributed by atoms with van der Waals surface area (Å²) in [5.74, 6) is -0.225. The first-order valence-corrected chi connectivity index (χ1v) is 7.57. The molecular formula is C15H14Br2FN. The molecule has 0 radical (unpaired) electrons. The van der Waals surface area contributed by atoms with Gasteiger partial charge in [0.05, 0.1) is 0 Å². The van der Waals surface area contributed by atoms with E-state index < -0.39 is 0 Å². The lowest BCUT2D eigenvalue weighted by Gasteiger charge is -2.15. The SMILES string of the molecule is C[C@@H](NCc1ccc(F)cc1Br)c1ccc(Br)cc1. The molecule has 0 bridgehead atoms. The second-order valence-corrected chi connectivity index (χ2v) is 6.16. The van der Waals surface area contributed by atoms with E-state index in [4.69, 9.17) is 0 Å². The lowest BCUT2D eigenvalue weighted by atomic mass is 10.1. The first-order valence-electron chi connectivity index (χ1n) is 5.99. The van der Waals surface area contributed by atoms with E-state index in [0.29, 0.717) is 6.54 Å². The third-order valence-corrected chi connectivity index (χ3v) is 4.25. The molecule has 0 aliphatic heterocycles. The molecule has 0 fully saturated rings. The number of hydrogen-bond acceptors (Lipinski definition) is 1. The maximum absolute atomic E-state index is 13.0. The van der Waals surface area contributed by atoms with E-state index in [9.17, 15) is 4.39 Å². The van der Waals surface area contributed by atoms with Crippen molar-refractivity contribution in [3.63, 3.8) is 0 Å². The fourth-order valence-electron chi connectivity index (χ4n) is 1.80. The third kappa shape index (κ3) is 4.13. The highest BCUT2D eigenvalue weighted by Gasteiger charge is 2.06. The van der Waals surface area contributed by atoms with Gasteiger partial charge < -0.3 is 5.32 Å². The molecule has 0 spiro atoms. The van der Waals surface area contributed by atoms with Crippen LogP contribution in [0.4, 0.5) is 4.39 Å². The molecule has 0 aromatic heterocycles. The van der Waals surface area contributed by atoms with Crippen molar-refractivity contribution in [2.45, 2.75) is 19.5 Å². The molecule has 0 heterocycles. The van der Waals surface area contributed by atoms with Gasteiger partial charge in [-0.3, -0.25) is 0 Å². The summed E-state index contributed by atoms with van der Waals surface area (Å²) in [5.41, 5.74) is 2.27. The smallest absolute Gasteiger partial charge is 0.124 e. The average Bonchev–Trinajstić information content (AvgIpc) is 2.38. The predicted molar refractivity (Wildman–Crippen MR) is 83.5 cm³/mol. The van der Waals surface area contributed by atoms with E-state index in [-0.39, 0.29) is 11.9 Å². The van der Waals surface area contributed by atoms with Gasteiger partial charge in [-0.05, 0) is 42.3 Å². The zero-order valence-electron chi connectivity index (χ0n) is 10.5. The van der Waals surface area contributed by atoms with Gasteiger partial charge in [-0.1, -0.05) is 50.1 Å². The first kappa shape index (κ1) is 14.7. The zero-order valence-corrected chi connectivity index (χ0v) is 13.6. The number of nitrogens with one attached hydrogen (secondary N) is 1. The molecule has 0 unspecified atom stereocenters. The minimum atomic E-state index is -0.225. The molecule has 100 valence electrons. The summed E-state index contributed by atoms with van der Waals surface area (Å²) in [6.45, 7) is 2.80. The van der Waals surface area contributed by atoms with Crippen LogP contribution in [0.3, 0.4) is 0 Å². The molecule has 0 saturated carbocycles. The van der Waals surface area contributed by atoms with Crippen LogP contribution in [0.1, 0.15) is 24.1 Å². The zero-order chi connectivity index (χ0) is 13.8. The minimum Gasteiger partial charge on any atom is -0.306 e. The lowest BCUT2D eigenvalue weighted by Crippen LogP contribution is -2.18. The number of hydrogen-bond donors (Lipinski definition) is 1. The van der Waals surface area contributed by atoms with E-state index in [1.54, 1.807) is 6.07 Å². The Morgan fingerprint density at radius 2 is 1.79 bits per heavy atom. The van der Waals surface area contributed by atoms with Crippen molar-refractivity contribution in [1.82, 2.24) is 5.32 Å². The summed E-state index contributed by atoms with van der Waals surface area (Å²) >= 11 is 6.80. The maximum atomic E-state index is 13.0. The van der Waals surface area contributed by atoms with Gasteiger partial charge in [0.1, 0.15) is 5.82 Å². The molecule has 1 nitrogen and oxygen atoms in total. The van der Waals surface area contributed by atoms with E-state index in [1.807, 2.05) is 12.1 Å². The van der Waals surface area contributed by atoms with Crippen LogP contribution in [0.25, 0.3) is 0 Å². The predicted octanol–water partition coefficient (Wildman–Crippen LogP) is 5.20. The van der Waals surface area contributed by atoms with Crippen LogP contribution in [-0.2, 0) is 6.54 Å². The second kappa shape index (κ2) is 6.64. The van der Waals surface area contributed by atoms with E-state index >= 15 is 0 Å². The fourth-order valence-corrected chi connectivity index (χ4v) is 2.55. The Bertz CT molecular complexity index is 555. The van der Waals surface area contributed by atoms with Crippen molar-refractivity contribution in [3.8, 4) is 0 Å². The van der Waals surface area contributed by atoms with Crippen molar-refractivity contribution in [2.75, 3.05) is 0 Å². The summed E-state index contributed by atoms with van der Waals surface area (Å²) in [6, 6.07) is 13.2. The molecule has 0 amide bonds. The van der Waals surface area contributed by atoms with Crippen LogP contribution in [0.5, 0.6) is 0 Å². The highest BCUT2D eigenvalue weighted by Crippen LogP contribution is 2.20. The van der Waals surface area contributed by atoms with Crippen LogP contribution >= 0.6 is 31.9 Å². The van der Waals surface area contributed by atoms with Gasteiger partial charge in [0, 0.05) is 21.5 Å². The normalized spacial score (nSPS) is 12.4. The summed E-state index contributed by atoms with van der Waals surface area (Å²) in [7, 11) is 0. The van der Waals surface area contributed by atoms with Gasteiger partial charge in [-0.25, -0.2) is 4.39 Å². The highest BCUT2D eigenvalue weighted by atomic mass is 79.9. The van der Waals surface area contributed by atoms with Gasteiger partial charge in [0.2, 0.25) is 0 Å². The van der Waals surface area contributed by atoms with Crippen molar-refractivity contribution in [1.29, 1.82) is 0 Å². The van der Waals surface area contributed by atoms with Crippen molar-refractivity contribution in [2.24, 2.45) is 0 Å².